The summed E-state index contributed by atoms with van der Waals surface area (Å²) in [5.41, 5.74) is 0.202. The molecule has 1 aliphatic carbocycles. The summed E-state index contributed by atoms with van der Waals surface area (Å²) in [6.45, 7) is 6.63. The molecule has 1 unspecified atom stereocenters. The van der Waals surface area contributed by atoms with Gasteiger partial charge in [-0.05, 0) is 30.6 Å². The van der Waals surface area contributed by atoms with Crippen molar-refractivity contribution >= 4 is 12.0 Å². The lowest BCUT2D eigenvalue weighted by Crippen LogP contribution is -2.49. The van der Waals surface area contributed by atoms with Crippen LogP contribution in [0.3, 0.4) is 0 Å². The van der Waals surface area contributed by atoms with E-state index in [1.165, 1.54) is 6.42 Å². The number of hydrogen-bond donors (Lipinski definition) is 3. The summed E-state index contributed by atoms with van der Waals surface area (Å²) in [5, 5.41) is 14.3. The number of rotatable bonds is 6. The van der Waals surface area contributed by atoms with Crippen LogP contribution < -0.4 is 10.6 Å². The molecule has 0 saturated heterocycles. The van der Waals surface area contributed by atoms with Gasteiger partial charge in [-0.15, -0.1) is 0 Å². The summed E-state index contributed by atoms with van der Waals surface area (Å²) in [7, 11) is 0. The second-order valence-corrected chi connectivity index (χ2v) is 6.01. The van der Waals surface area contributed by atoms with Gasteiger partial charge in [-0.25, -0.2) is 9.59 Å². The number of carbonyl (C=O) groups is 2. The lowest BCUT2D eigenvalue weighted by atomic mass is 9.70. The van der Waals surface area contributed by atoms with E-state index in [-0.39, 0.29) is 17.4 Å². The fraction of sp³-hybridized carbons (Fsp3) is 0.846. The standard InChI is InChI=1S/C13H24N2O3/c1-9(2)7-10(11(16)17)15-12(18)14-8-13(3)5-4-6-13/h9-10H,4-8H2,1-3H3,(H,16,17)(H2,14,15,18). The largest absolute Gasteiger partial charge is 0.480 e. The lowest BCUT2D eigenvalue weighted by molar-refractivity contribution is -0.139. The van der Waals surface area contributed by atoms with Crippen LogP contribution in [0.15, 0.2) is 0 Å². The van der Waals surface area contributed by atoms with E-state index in [1.54, 1.807) is 0 Å². The Kier molecular flexibility index (Phi) is 4.99. The molecule has 0 aromatic rings. The smallest absolute Gasteiger partial charge is 0.326 e. The van der Waals surface area contributed by atoms with Crippen molar-refractivity contribution in [2.75, 3.05) is 6.54 Å². The maximum absolute atomic E-state index is 11.6. The Morgan fingerprint density at radius 2 is 1.94 bits per heavy atom. The summed E-state index contributed by atoms with van der Waals surface area (Å²) in [4.78, 5) is 22.6. The van der Waals surface area contributed by atoms with E-state index < -0.39 is 12.0 Å². The first kappa shape index (κ1) is 14.8. The molecule has 1 atom stereocenters. The van der Waals surface area contributed by atoms with Gasteiger partial charge in [-0.3, -0.25) is 0 Å². The molecule has 1 aliphatic rings. The van der Waals surface area contributed by atoms with E-state index in [0.717, 1.165) is 12.8 Å². The van der Waals surface area contributed by atoms with Crippen LogP contribution in [0, 0.1) is 11.3 Å². The summed E-state index contributed by atoms with van der Waals surface area (Å²) >= 11 is 0. The first-order valence-corrected chi connectivity index (χ1v) is 6.59. The van der Waals surface area contributed by atoms with E-state index in [1.807, 2.05) is 13.8 Å². The van der Waals surface area contributed by atoms with E-state index in [9.17, 15) is 9.59 Å². The highest BCUT2D eigenvalue weighted by molar-refractivity contribution is 5.82. The molecule has 104 valence electrons. The van der Waals surface area contributed by atoms with E-state index in [0.29, 0.717) is 13.0 Å². The maximum atomic E-state index is 11.6. The third kappa shape index (κ3) is 4.55. The summed E-state index contributed by atoms with van der Waals surface area (Å²) < 4.78 is 0. The van der Waals surface area contributed by atoms with Gasteiger partial charge in [0.15, 0.2) is 0 Å². The van der Waals surface area contributed by atoms with Crippen LogP contribution in [0.5, 0.6) is 0 Å². The molecule has 1 fully saturated rings. The van der Waals surface area contributed by atoms with Gasteiger partial charge in [-0.1, -0.05) is 27.2 Å². The molecule has 3 N–H and O–H groups in total. The predicted molar refractivity (Wildman–Crippen MR) is 69.4 cm³/mol. The molecule has 0 radical (unpaired) electrons. The van der Waals surface area contributed by atoms with Crippen molar-refractivity contribution in [3.8, 4) is 0 Å². The molecule has 5 nitrogen and oxygen atoms in total. The molecular weight excluding hydrogens is 232 g/mol. The number of urea groups is 1. The zero-order chi connectivity index (χ0) is 13.8. The Morgan fingerprint density at radius 3 is 2.33 bits per heavy atom. The van der Waals surface area contributed by atoms with Crippen LogP contribution in [0.4, 0.5) is 4.79 Å². The fourth-order valence-electron chi connectivity index (χ4n) is 2.15. The fourth-order valence-corrected chi connectivity index (χ4v) is 2.15. The van der Waals surface area contributed by atoms with Gasteiger partial charge in [0.2, 0.25) is 0 Å². The molecule has 1 saturated carbocycles. The molecule has 0 heterocycles. The summed E-state index contributed by atoms with van der Waals surface area (Å²) in [6.07, 6.45) is 3.91. The van der Waals surface area contributed by atoms with Crippen LogP contribution in [0.1, 0.15) is 46.5 Å². The highest BCUT2D eigenvalue weighted by Crippen LogP contribution is 2.39. The van der Waals surface area contributed by atoms with Crippen LogP contribution in [-0.4, -0.2) is 29.7 Å². The van der Waals surface area contributed by atoms with E-state index in [2.05, 4.69) is 17.6 Å². The normalized spacial score (nSPS) is 18.9. The Hall–Kier alpha value is -1.26. The molecule has 2 amide bonds. The van der Waals surface area contributed by atoms with Crippen LogP contribution in [-0.2, 0) is 4.79 Å². The van der Waals surface area contributed by atoms with Crippen LogP contribution >= 0.6 is 0 Å². The van der Waals surface area contributed by atoms with Crippen molar-refractivity contribution in [2.24, 2.45) is 11.3 Å². The highest BCUT2D eigenvalue weighted by atomic mass is 16.4. The van der Waals surface area contributed by atoms with Crippen molar-refractivity contribution in [1.82, 2.24) is 10.6 Å². The third-order valence-corrected chi connectivity index (χ3v) is 3.55. The monoisotopic (exact) mass is 256 g/mol. The molecule has 0 aromatic heterocycles. The van der Waals surface area contributed by atoms with Crippen molar-refractivity contribution in [1.29, 1.82) is 0 Å². The van der Waals surface area contributed by atoms with E-state index in [4.69, 9.17) is 5.11 Å². The minimum absolute atomic E-state index is 0.202. The number of hydrogen-bond acceptors (Lipinski definition) is 2. The molecule has 0 bridgehead atoms. The second kappa shape index (κ2) is 6.07. The summed E-state index contributed by atoms with van der Waals surface area (Å²) in [5.74, 6) is -0.746. The van der Waals surface area contributed by atoms with Crippen molar-refractivity contribution < 1.29 is 14.7 Å². The Bertz CT molecular complexity index is 311. The molecule has 1 rings (SSSR count). The predicted octanol–water partition coefficient (Wildman–Crippen LogP) is 1.98. The number of carboxylic acid groups (broad SMARTS) is 1. The SMILES string of the molecule is CC(C)CC(NC(=O)NCC1(C)CCC1)C(=O)O. The Balaban J connectivity index is 2.34. The van der Waals surface area contributed by atoms with Gasteiger partial charge in [0, 0.05) is 6.54 Å². The maximum Gasteiger partial charge on any atom is 0.326 e. The first-order valence-electron chi connectivity index (χ1n) is 6.59. The van der Waals surface area contributed by atoms with Crippen LogP contribution in [0.2, 0.25) is 0 Å². The molecule has 0 spiro atoms. The molecular formula is C13H24N2O3. The Morgan fingerprint density at radius 1 is 1.33 bits per heavy atom. The van der Waals surface area contributed by atoms with Gasteiger partial charge in [0.1, 0.15) is 6.04 Å². The van der Waals surface area contributed by atoms with Crippen molar-refractivity contribution in [2.45, 2.75) is 52.5 Å². The minimum Gasteiger partial charge on any atom is -0.480 e. The average Bonchev–Trinajstić information content (AvgIpc) is 2.22. The van der Waals surface area contributed by atoms with Gasteiger partial charge >= 0.3 is 12.0 Å². The number of amides is 2. The molecule has 18 heavy (non-hydrogen) atoms. The number of aliphatic carboxylic acids is 1. The third-order valence-electron chi connectivity index (χ3n) is 3.55. The summed E-state index contributed by atoms with van der Waals surface area (Å²) in [6, 6.07) is -1.18. The van der Waals surface area contributed by atoms with Crippen molar-refractivity contribution in [3.63, 3.8) is 0 Å². The van der Waals surface area contributed by atoms with Gasteiger partial charge in [-0.2, -0.15) is 0 Å². The molecule has 5 heteroatoms. The number of carboxylic acids is 1. The van der Waals surface area contributed by atoms with Gasteiger partial charge in [0.25, 0.3) is 0 Å². The highest BCUT2D eigenvalue weighted by Gasteiger charge is 2.32. The van der Waals surface area contributed by atoms with Gasteiger partial charge < -0.3 is 15.7 Å². The zero-order valence-electron chi connectivity index (χ0n) is 11.5. The molecule has 0 aliphatic heterocycles. The number of nitrogens with one attached hydrogen (secondary N) is 2. The Labute approximate surface area is 108 Å². The average molecular weight is 256 g/mol. The van der Waals surface area contributed by atoms with E-state index >= 15 is 0 Å². The first-order chi connectivity index (χ1) is 8.32. The topological polar surface area (TPSA) is 78.4 Å². The zero-order valence-corrected chi connectivity index (χ0v) is 11.5. The second-order valence-electron chi connectivity index (χ2n) is 6.01. The molecule has 0 aromatic carbocycles. The van der Waals surface area contributed by atoms with Crippen molar-refractivity contribution in [3.05, 3.63) is 0 Å². The van der Waals surface area contributed by atoms with Gasteiger partial charge in [0.05, 0.1) is 0 Å². The number of carbonyl (C=O) groups excluding carboxylic acids is 1. The quantitative estimate of drug-likeness (QED) is 0.680. The lowest BCUT2D eigenvalue weighted by Gasteiger charge is -2.38. The minimum atomic E-state index is -0.978. The van der Waals surface area contributed by atoms with Crippen LogP contribution in [0.25, 0.3) is 0 Å².